The molecule has 0 saturated carbocycles. The second kappa shape index (κ2) is 9.05. The average molecular weight is 153 g/mol. The Labute approximate surface area is 67.7 Å². The van der Waals surface area contributed by atoms with E-state index in [1.54, 1.807) is 0 Å². The van der Waals surface area contributed by atoms with E-state index >= 15 is 0 Å². The van der Waals surface area contributed by atoms with Crippen molar-refractivity contribution in [2.75, 3.05) is 6.54 Å². The van der Waals surface area contributed by atoms with Crippen molar-refractivity contribution in [3.63, 3.8) is 0 Å². The Hall–Kier alpha value is -0.950. The fourth-order valence-electron chi connectivity index (χ4n) is 0.788. The van der Waals surface area contributed by atoms with E-state index < -0.39 is 0 Å². The van der Waals surface area contributed by atoms with Crippen LogP contribution in [0.1, 0.15) is 32.6 Å². The summed E-state index contributed by atoms with van der Waals surface area (Å²) < 4.78 is 0. The first-order valence-electron chi connectivity index (χ1n) is 4.07. The third-order valence-corrected chi connectivity index (χ3v) is 1.39. The quantitative estimate of drug-likeness (QED) is 0.184. The lowest BCUT2D eigenvalue weighted by Crippen LogP contribution is -1.72. The Bertz CT molecular complexity index is 145. The number of azide groups is 1. The predicted octanol–water partition coefficient (Wildman–Crippen LogP) is 3.43. The summed E-state index contributed by atoms with van der Waals surface area (Å²) in [6.45, 7) is 2.67. The van der Waals surface area contributed by atoms with Crippen molar-refractivity contribution in [3.05, 3.63) is 22.6 Å². The van der Waals surface area contributed by atoms with Crippen LogP contribution in [0.4, 0.5) is 0 Å². The van der Waals surface area contributed by atoms with Gasteiger partial charge in [-0.3, -0.25) is 0 Å². The Kier molecular flexibility index (Phi) is 8.27. The molecule has 0 radical (unpaired) electrons. The topological polar surface area (TPSA) is 48.8 Å². The number of hydrogen-bond acceptors (Lipinski definition) is 1. The van der Waals surface area contributed by atoms with Crippen molar-refractivity contribution >= 4 is 0 Å². The third kappa shape index (κ3) is 9.05. The van der Waals surface area contributed by atoms with Crippen LogP contribution >= 0.6 is 0 Å². The van der Waals surface area contributed by atoms with Gasteiger partial charge in [-0.1, -0.05) is 37.0 Å². The third-order valence-electron chi connectivity index (χ3n) is 1.39. The molecule has 0 unspecified atom stereocenters. The van der Waals surface area contributed by atoms with E-state index in [9.17, 15) is 0 Å². The van der Waals surface area contributed by atoms with Crippen LogP contribution in [0.5, 0.6) is 0 Å². The second-order valence-corrected chi connectivity index (χ2v) is 2.38. The first-order valence-corrected chi connectivity index (χ1v) is 4.07. The zero-order chi connectivity index (χ0) is 8.36. The molecule has 0 aliphatic carbocycles. The van der Waals surface area contributed by atoms with E-state index in [4.69, 9.17) is 5.53 Å². The number of nitrogens with zero attached hydrogens (tertiary/aromatic N) is 3. The molecule has 0 bridgehead atoms. The zero-order valence-electron chi connectivity index (χ0n) is 7.03. The lowest BCUT2D eigenvalue weighted by atomic mass is 10.2. The van der Waals surface area contributed by atoms with Crippen LogP contribution in [-0.2, 0) is 0 Å². The summed E-state index contributed by atoms with van der Waals surface area (Å²) in [6.07, 6.45) is 8.87. The van der Waals surface area contributed by atoms with E-state index in [0.717, 1.165) is 6.42 Å². The van der Waals surface area contributed by atoms with Gasteiger partial charge in [-0.25, -0.2) is 0 Å². The highest BCUT2D eigenvalue weighted by molar-refractivity contribution is 4.83. The Morgan fingerprint density at radius 1 is 1.36 bits per heavy atom. The fraction of sp³-hybridized carbons (Fsp3) is 0.750. The number of hydrogen-bond donors (Lipinski definition) is 0. The minimum absolute atomic E-state index is 0.489. The average Bonchev–Trinajstić information content (AvgIpc) is 2.03. The van der Waals surface area contributed by atoms with Crippen LogP contribution in [0.3, 0.4) is 0 Å². The zero-order valence-corrected chi connectivity index (χ0v) is 7.03. The first kappa shape index (κ1) is 10.0. The molecule has 0 saturated heterocycles. The van der Waals surface area contributed by atoms with Crippen LogP contribution in [0, 0.1) is 0 Å². The number of allylic oxidation sites excluding steroid dienone is 1. The molecule has 0 N–H and O–H groups in total. The van der Waals surface area contributed by atoms with Gasteiger partial charge in [0.15, 0.2) is 0 Å². The molecule has 0 atom stereocenters. The molecule has 0 heterocycles. The van der Waals surface area contributed by atoms with Gasteiger partial charge in [0, 0.05) is 11.5 Å². The molecular formula is C8H15N3. The van der Waals surface area contributed by atoms with Gasteiger partial charge in [0.2, 0.25) is 0 Å². The van der Waals surface area contributed by atoms with Gasteiger partial charge < -0.3 is 0 Å². The van der Waals surface area contributed by atoms with E-state index in [0.29, 0.717) is 6.54 Å². The highest BCUT2D eigenvalue weighted by atomic mass is 15.1. The molecule has 11 heavy (non-hydrogen) atoms. The van der Waals surface area contributed by atoms with E-state index in [-0.39, 0.29) is 0 Å². The number of rotatable bonds is 6. The standard InChI is InChI=1S/C8H15N3/c1-2-3-4-5-6-7-8-10-11-9/h6-7H,2-5,8H2,1H3/b7-6+. The summed E-state index contributed by atoms with van der Waals surface area (Å²) in [5.41, 5.74) is 7.93. The van der Waals surface area contributed by atoms with Crippen molar-refractivity contribution in [1.82, 2.24) is 0 Å². The van der Waals surface area contributed by atoms with E-state index in [1.807, 2.05) is 6.08 Å². The monoisotopic (exact) mass is 153 g/mol. The maximum Gasteiger partial charge on any atom is 0.0440 e. The Balaban J connectivity index is 3.09. The smallest absolute Gasteiger partial charge is 0.0440 e. The maximum absolute atomic E-state index is 7.93. The van der Waals surface area contributed by atoms with Gasteiger partial charge >= 0.3 is 0 Å². The van der Waals surface area contributed by atoms with Crippen LogP contribution < -0.4 is 0 Å². The molecule has 0 fully saturated rings. The molecule has 0 aromatic rings. The predicted molar refractivity (Wildman–Crippen MR) is 47.3 cm³/mol. The molecule has 0 aliphatic heterocycles. The minimum atomic E-state index is 0.489. The highest BCUT2D eigenvalue weighted by Gasteiger charge is 1.80. The van der Waals surface area contributed by atoms with Crippen LogP contribution in [-0.4, -0.2) is 6.54 Å². The summed E-state index contributed by atoms with van der Waals surface area (Å²) >= 11 is 0. The highest BCUT2D eigenvalue weighted by Crippen LogP contribution is 1.99. The van der Waals surface area contributed by atoms with Crippen molar-refractivity contribution in [1.29, 1.82) is 0 Å². The normalized spacial score (nSPS) is 9.91. The molecule has 3 heteroatoms. The minimum Gasteiger partial charge on any atom is -0.0899 e. The molecule has 0 aromatic carbocycles. The molecule has 0 rings (SSSR count). The van der Waals surface area contributed by atoms with Crippen molar-refractivity contribution in [2.45, 2.75) is 32.6 Å². The van der Waals surface area contributed by atoms with Crippen molar-refractivity contribution < 1.29 is 0 Å². The summed E-state index contributed by atoms with van der Waals surface area (Å²) in [5.74, 6) is 0. The van der Waals surface area contributed by atoms with Crippen LogP contribution in [0.25, 0.3) is 10.4 Å². The van der Waals surface area contributed by atoms with Gasteiger partial charge in [0.05, 0.1) is 0 Å². The summed E-state index contributed by atoms with van der Waals surface area (Å²) in [6, 6.07) is 0. The van der Waals surface area contributed by atoms with Gasteiger partial charge in [0.25, 0.3) is 0 Å². The Morgan fingerprint density at radius 2 is 2.18 bits per heavy atom. The van der Waals surface area contributed by atoms with Crippen molar-refractivity contribution in [2.24, 2.45) is 5.11 Å². The summed E-state index contributed by atoms with van der Waals surface area (Å²) in [7, 11) is 0. The Morgan fingerprint density at radius 3 is 2.82 bits per heavy atom. The first-order chi connectivity index (χ1) is 5.41. The van der Waals surface area contributed by atoms with Gasteiger partial charge in [-0.2, -0.15) is 0 Å². The van der Waals surface area contributed by atoms with Gasteiger partial charge in [0.1, 0.15) is 0 Å². The van der Waals surface area contributed by atoms with E-state index in [2.05, 4.69) is 23.0 Å². The molecule has 0 amide bonds. The molecule has 0 aromatic heterocycles. The fourth-order valence-corrected chi connectivity index (χ4v) is 0.788. The molecule has 0 spiro atoms. The van der Waals surface area contributed by atoms with Crippen LogP contribution in [0.15, 0.2) is 17.3 Å². The number of unbranched alkanes of at least 4 members (excludes halogenated alkanes) is 3. The molecule has 3 nitrogen and oxygen atoms in total. The lowest BCUT2D eigenvalue weighted by Gasteiger charge is -1.89. The van der Waals surface area contributed by atoms with Crippen LogP contribution in [0.2, 0.25) is 0 Å². The van der Waals surface area contributed by atoms with E-state index in [1.165, 1.54) is 19.3 Å². The lowest BCUT2D eigenvalue weighted by molar-refractivity contribution is 0.728. The molecule has 0 aliphatic rings. The molecular weight excluding hydrogens is 138 g/mol. The maximum atomic E-state index is 7.93. The molecule has 62 valence electrons. The summed E-state index contributed by atoms with van der Waals surface area (Å²) in [5, 5.41) is 3.38. The van der Waals surface area contributed by atoms with Gasteiger partial charge in [-0.15, -0.1) is 0 Å². The van der Waals surface area contributed by atoms with Gasteiger partial charge in [-0.05, 0) is 18.4 Å². The summed E-state index contributed by atoms with van der Waals surface area (Å²) in [4.78, 5) is 2.64. The SMILES string of the molecule is CCCCC/C=C/CN=[N+]=[N-]. The second-order valence-electron chi connectivity index (χ2n) is 2.38. The van der Waals surface area contributed by atoms with Crippen molar-refractivity contribution in [3.8, 4) is 0 Å². The largest absolute Gasteiger partial charge is 0.0899 e.